The number of hydrogen-bond acceptors (Lipinski definition) is 2. The predicted octanol–water partition coefficient (Wildman–Crippen LogP) is 7.90. The second-order valence-electron chi connectivity index (χ2n) is 10.8. The first kappa shape index (κ1) is 25.2. The summed E-state index contributed by atoms with van der Waals surface area (Å²) < 4.78 is 5.98. The van der Waals surface area contributed by atoms with Crippen molar-refractivity contribution < 1.29 is 9.53 Å². The Hall–Kier alpha value is -2.09. The van der Waals surface area contributed by atoms with Crippen LogP contribution in [0.5, 0.6) is 5.75 Å². The summed E-state index contributed by atoms with van der Waals surface area (Å²) in [5, 5.41) is 0. The fourth-order valence-corrected chi connectivity index (χ4v) is 4.49. The summed E-state index contributed by atoms with van der Waals surface area (Å²) in [6, 6.07) is 4.45. The van der Waals surface area contributed by atoms with Gasteiger partial charge in [0.05, 0.1) is 0 Å². The Morgan fingerprint density at radius 3 is 1.58 bits per heavy atom. The van der Waals surface area contributed by atoms with Crippen molar-refractivity contribution in [1.82, 2.24) is 0 Å². The van der Waals surface area contributed by atoms with Gasteiger partial charge < -0.3 is 4.74 Å². The van der Waals surface area contributed by atoms with Crippen LogP contribution in [-0.4, -0.2) is 5.97 Å². The average molecular weight is 423 g/mol. The normalized spacial score (nSPS) is 15.9. The SMILES string of the molecule is CC.Cc1c(C)c(C)c(C2C(=O)Oc3c2cc(C(C)(C)C)cc3C(C)(C)C)c(C)c1C. The summed E-state index contributed by atoms with van der Waals surface area (Å²) >= 11 is 0. The highest BCUT2D eigenvalue weighted by atomic mass is 16.5. The summed E-state index contributed by atoms with van der Waals surface area (Å²) in [5.74, 6) is 0.270. The molecule has 1 atom stereocenters. The van der Waals surface area contributed by atoms with E-state index in [2.05, 4.69) is 88.3 Å². The van der Waals surface area contributed by atoms with E-state index in [1.165, 1.54) is 33.4 Å². The van der Waals surface area contributed by atoms with E-state index >= 15 is 0 Å². The largest absolute Gasteiger partial charge is 0.425 e. The number of fused-ring (bicyclic) bond motifs is 1. The first-order valence-electron chi connectivity index (χ1n) is 11.6. The molecule has 1 aliphatic heterocycles. The molecule has 0 amide bonds. The van der Waals surface area contributed by atoms with E-state index in [0.717, 1.165) is 22.4 Å². The maximum Gasteiger partial charge on any atom is 0.323 e. The van der Waals surface area contributed by atoms with Crippen molar-refractivity contribution in [3.8, 4) is 5.75 Å². The van der Waals surface area contributed by atoms with Gasteiger partial charge in [-0.3, -0.25) is 4.79 Å². The monoisotopic (exact) mass is 422 g/mol. The second-order valence-corrected chi connectivity index (χ2v) is 10.8. The fraction of sp³-hybridized carbons (Fsp3) is 0.552. The van der Waals surface area contributed by atoms with Crippen molar-refractivity contribution in [2.75, 3.05) is 0 Å². The third-order valence-electron chi connectivity index (χ3n) is 6.89. The van der Waals surface area contributed by atoms with Gasteiger partial charge in [0.2, 0.25) is 0 Å². The highest BCUT2D eigenvalue weighted by Crippen LogP contribution is 2.49. The molecule has 0 spiro atoms. The lowest BCUT2D eigenvalue weighted by Gasteiger charge is -2.27. The summed E-state index contributed by atoms with van der Waals surface area (Å²) in [7, 11) is 0. The van der Waals surface area contributed by atoms with E-state index in [0.29, 0.717) is 0 Å². The standard InChI is InChI=1S/C27H36O2.C2H6/c1-14-15(2)17(4)22(18(5)16(14)3)23-20-12-19(26(6,7)8)13-21(27(9,10)11)24(20)29-25(23)28;1-2/h12-13,23H,1-11H3;1-2H3. The fourth-order valence-electron chi connectivity index (χ4n) is 4.49. The van der Waals surface area contributed by atoms with Crippen molar-refractivity contribution in [3.63, 3.8) is 0 Å². The molecule has 2 aromatic carbocycles. The number of ether oxygens (including phenoxy) is 1. The van der Waals surface area contributed by atoms with Crippen LogP contribution in [0.4, 0.5) is 0 Å². The van der Waals surface area contributed by atoms with Crippen molar-refractivity contribution in [1.29, 1.82) is 0 Å². The second kappa shape index (κ2) is 8.45. The Labute approximate surface area is 190 Å². The number of carbonyl (C=O) groups excluding carboxylic acids is 1. The quantitative estimate of drug-likeness (QED) is 0.345. The summed E-state index contributed by atoms with van der Waals surface area (Å²) in [6.07, 6.45) is 0. The number of rotatable bonds is 1. The lowest BCUT2D eigenvalue weighted by atomic mass is 9.75. The molecule has 0 fully saturated rings. The Morgan fingerprint density at radius 1 is 0.710 bits per heavy atom. The molecule has 0 aliphatic carbocycles. The number of hydrogen-bond donors (Lipinski definition) is 0. The van der Waals surface area contributed by atoms with Gasteiger partial charge in [-0.15, -0.1) is 0 Å². The molecule has 0 saturated heterocycles. The van der Waals surface area contributed by atoms with E-state index in [1.807, 2.05) is 13.8 Å². The van der Waals surface area contributed by atoms with Gasteiger partial charge in [0, 0.05) is 11.1 Å². The Kier molecular flexibility index (Phi) is 6.86. The zero-order chi connectivity index (χ0) is 24.0. The van der Waals surface area contributed by atoms with Crippen molar-refractivity contribution in [3.05, 3.63) is 62.2 Å². The summed E-state index contributed by atoms with van der Waals surface area (Å²) in [5.41, 5.74) is 10.7. The molecule has 0 bridgehead atoms. The molecule has 0 saturated carbocycles. The van der Waals surface area contributed by atoms with Gasteiger partial charge in [0.25, 0.3) is 0 Å². The predicted molar refractivity (Wildman–Crippen MR) is 133 cm³/mol. The van der Waals surface area contributed by atoms with Gasteiger partial charge in [-0.1, -0.05) is 67.5 Å². The molecule has 2 aromatic rings. The third-order valence-corrected chi connectivity index (χ3v) is 6.89. The maximum atomic E-state index is 13.3. The van der Waals surface area contributed by atoms with Crippen LogP contribution in [0.1, 0.15) is 111 Å². The minimum absolute atomic E-state index is 0.00554. The van der Waals surface area contributed by atoms with E-state index in [1.54, 1.807) is 0 Å². The third kappa shape index (κ3) is 4.31. The van der Waals surface area contributed by atoms with E-state index in [9.17, 15) is 4.79 Å². The van der Waals surface area contributed by atoms with Crippen molar-refractivity contribution in [2.45, 2.75) is 107 Å². The zero-order valence-electron chi connectivity index (χ0n) is 22.0. The molecule has 31 heavy (non-hydrogen) atoms. The van der Waals surface area contributed by atoms with Gasteiger partial charge >= 0.3 is 5.97 Å². The molecule has 2 heteroatoms. The lowest BCUT2D eigenvalue weighted by molar-refractivity contribution is -0.133. The zero-order valence-corrected chi connectivity index (χ0v) is 22.0. The van der Waals surface area contributed by atoms with Crippen LogP contribution >= 0.6 is 0 Å². The van der Waals surface area contributed by atoms with E-state index in [-0.39, 0.29) is 22.7 Å². The van der Waals surface area contributed by atoms with Gasteiger partial charge in [-0.05, 0) is 84.4 Å². The number of carbonyl (C=O) groups is 1. The van der Waals surface area contributed by atoms with Crippen LogP contribution in [0.25, 0.3) is 0 Å². The number of benzene rings is 2. The topological polar surface area (TPSA) is 26.3 Å². The smallest absolute Gasteiger partial charge is 0.323 e. The Balaban J connectivity index is 0.00000166. The lowest BCUT2D eigenvalue weighted by Crippen LogP contribution is -2.18. The van der Waals surface area contributed by atoms with Crippen LogP contribution in [-0.2, 0) is 15.6 Å². The highest BCUT2D eigenvalue weighted by molar-refractivity contribution is 5.91. The van der Waals surface area contributed by atoms with Gasteiger partial charge in [0.15, 0.2) is 0 Å². The van der Waals surface area contributed by atoms with Crippen LogP contribution < -0.4 is 4.74 Å². The molecule has 1 aliphatic rings. The number of esters is 1. The van der Waals surface area contributed by atoms with Crippen LogP contribution in [0.3, 0.4) is 0 Å². The first-order valence-corrected chi connectivity index (χ1v) is 11.6. The molecule has 1 heterocycles. The maximum absolute atomic E-state index is 13.3. The Bertz CT molecular complexity index is 982. The molecule has 2 nitrogen and oxygen atoms in total. The van der Waals surface area contributed by atoms with E-state index in [4.69, 9.17) is 4.74 Å². The molecule has 1 unspecified atom stereocenters. The molecule has 0 N–H and O–H groups in total. The average Bonchev–Trinajstić information content (AvgIpc) is 3.00. The van der Waals surface area contributed by atoms with Crippen molar-refractivity contribution >= 4 is 5.97 Å². The summed E-state index contributed by atoms with van der Waals surface area (Å²) in [4.78, 5) is 13.3. The van der Waals surface area contributed by atoms with Gasteiger partial charge in [-0.25, -0.2) is 0 Å². The highest BCUT2D eigenvalue weighted by Gasteiger charge is 2.41. The van der Waals surface area contributed by atoms with Crippen molar-refractivity contribution in [2.24, 2.45) is 0 Å². The molecular formula is C29H42O2. The summed E-state index contributed by atoms with van der Waals surface area (Å²) in [6.45, 7) is 28.0. The first-order chi connectivity index (χ1) is 14.2. The molecule has 0 aromatic heterocycles. The minimum atomic E-state index is -0.355. The van der Waals surface area contributed by atoms with E-state index < -0.39 is 0 Å². The molecular weight excluding hydrogens is 380 g/mol. The molecule has 0 radical (unpaired) electrons. The molecule has 3 rings (SSSR count). The molecule has 170 valence electrons. The van der Waals surface area contributed by atoms with Crippen LogP contribution in [0.15, 0.2) is 12.1 Å². The van der Waals surface area contributed by atoms with Gasteiger partial charge in [-0.2, -0.15) is 0 Å². The van der Waals surface area contributed by atoms with Crippen LogP contribution in [0.2, 0.25) is 0 Å². The minimum Gasteiger partial charge on any atom is -0.425 e. The Morgan fingerprint density at radius 2 is 1.16 bits per heavy atom. The van der Waals surface area contributed by atoms with Gasteiger partial charge in [0.1, 0.15) is 11.7 Å². The van der Waals surface area contributed by atoms with Crippen LogP contribution in [0, 0.1) is 34.6 Å².